The van der Waals surface area contributed by atoms with Crippen molar-refractivity contribution in [2.75, 3.05) is 18.2 Å². The second-order valence-electron chi connectivity index (χ2n) is 3.25. The molecule has 0 aliphatic rings. The van der Waals surface area contributed by atoms with Crippen LogP contribution in [0.1, 0.15) is 0 Å². The van der Waals surface area contributed by atoms with Crippen molar-refractivity contribution in [2.45, 2.75) is 0 Å². The molecule has 1 aromatic heterocycles. The molecule has 18 heavy (non-hydrogen) atoms. The van der Waals surface area contributed by atoms with E-state index in [9.17, 15) is 0 Å². The molecule has 2 rings (SSSR count). The fourth-order valence-corrected chi connectivity index (χ4v) is 2.38. The summed E-state index contributed by atoms with van der Waals surface area (Å²) >= 11 is 6.81. The van der Waals surface area contributed by atoms with Gasteiger partial charge in [0.2, 0.25) is 11.9 Å². The maximum atomic E-state index is 5.55. The summed E-state index contributed by atoms with van der Waals surface area (Å²) in [6, 6.07) is 5.85. The first-order valence-corrected chi connectivity index (χ1v) is 6.44. The number of aromatic nitrogens is 3. The van der Waals surface area contributed by atoms with Gasteiger partial charge in [0.25, 0.3) is 0 Å². The van der Waals surface area contributed by atoms with Gasteiger partial charge < -0.3 is 15.8 Å². The highest BCUT2D eigenvalue weighted by Gasteiger charge is 2.07. The molecule has 6 nitrogen and oxygen atoms in total. The Labute approximate surface area is 120 Å². The highest BCUT2D eigenvalue weighted by atomic mass is 79.9. The third kappa shape index (κ3) is 3.08. The van der Waals surface area contributed by atoms with E-state index in [0.29, 0.717) is 5.95 Å². The van der Waals surface area contributed by atoms with Gasteiger partial charge in [-0.25, -0.2) is 0 Å². The Morgan fingerprint density at radius 1 is 1.22 bits per heavy atom. The number of rotatable bonds is 3. The van der Waals surface area contributed by atoms with Gasteiger partial charge in [-0.3, -0.25) is 0 Å². The van der Waals surface area contributed by atoms with Gasteiger partial charge in [0.05, 0.1) is 12.8 Å². The molecule has 0 fully saturated rings. The maximum absolute atomic E-state index is 5.55. The summed E-state index contributed by atoms with van der Waals surface area (Å²) in [5.74, 6) is 0.417. The molecule has 0 amide bonds. The molecule has 0 saturated heterocycles. The van der Waals surface area contributed by atoms with Gasteiger partial charge >= 0.3 is 6.01 Å². The lowest BCUT2D eigenvalue weighted by Crippen LogP contribution is -2.05. The highest BCUT2D eigenvalue weighted by molar-refractivity contribution is 9.11. The third-order valence-electron chi connectivity index (χ3n) is 1.99. The molecule has 3 N–H and O–H groups in total. The number of methoxy groups -OCH3 is 1. The van der Waals surface area contributed by atoms with E-state index >= 15 is 0 Å². The summed E-state index contributed by atoms with van der Waals surface area (Å²) in [5, 5.41) is 3.03. The second kappa shape index (κ2) is 5.49. The topological polar surface area (TPSA) is 86.0 Å². The van der Waals surface area contributed by atoms with E-state index in [-0.39, 0.29) is 12.0 Å². The number of nitrogen functional groups attached to an aromatic ring is 1. The minimum Gasteiger partial charge on any atom is -0.467 e. The van der Waals surface area contributed by atoms with Crippen LogP contribution in [0.2, 0.25) is 0 Å². The van der Waals surface area contributed by atoms with Crippen LogP contribution >= 0.6 is 31.9 Å². The zero-order valence-electron chi connectivity index (χ0n) is 9.32. The van der Waals surface area contributed by atoms with Crippen LogP contribution in [-0.2, 0) is 0 Å². The first-order valence-electron chi connectivity index (χ1n) is 4.86. The van der Waals surface area contributed by atoms with Crippen LogP contribution in [0.3, 0.4) is 0 Å². The Hall–Kier alpha value is -1.41. The van der Waals surface area contributed by atoms with Gasteiger partial charge in [0, 0.05) is 8.95 Å². The summed E-state index contributed by atoms with van der Waals surface area (Å²) in [6.45, 7) is 0. The molecular formula is C10H9Br2N5O. The van der Waals surface area contributed by atoms with E-state index in [2.05, 4.69) is 52.1 Å². The lowest BCUT2D eigenvalue weighted by molar-refractivity contribution is 0.380. The molecule has 0 unspecified atom stereocenters. The number of halogens is 2. The summed E-state index contributed by atoms with van der Waals surface area (Å²) in [6.07, 6.45) is 0. The van der Waals surface area contributed by atoms with Crippen molar-refractivity contribution < 1.29 is 4.74 Å². The Bertz CT molecular complexity index is 578. The number of anilines is 3. The van der Waals surface area contributed by atoms with Gasteiger partial charge in [-0.15, -0.1) is 0 Å². The predicted octanol–water partition coefficient (Wildman–Crippen LogP) is 2.73. The fourth-order valence-electron chi connectivity index (χ4n) is 1.23. The van der Waals surface area contributed by atoms with Gasteiger partial charge in [-0.2, -0.15) is 15.0 Å². The largest absolute Gasteiger partial charge is 0.467 e. The average Bonchev–Trinajstić information content (AvgIpc) is 2.32. The molecule has 0 saturated carbocycles. The summed E-state index contributed by atoms with van der Waals surface area (Å²) < 4.78 is 6.76. The SMILES string of the molecule is COc1nc(N)nc(Nc2ccc(Br)cc2Br)n1. The molecule has 94 valence electrons. The number of nitrogens with one attached hydrogen (secondary N) is 1. The molecule has 0 radical (unpaired) electrons. The molecule has 0 aliphatic carbocycles. The molecule has 1 aromatic carbocycles. The number of hydrogen-bond acceptors (Lipinski definition) is 6. The van der Waals surface area contributed by atoms with Crippen LogP contribution in [0.5, 0.6) is 6.01 Å². The maximum Gasteiger partial charge on any atom is 0.322 e. The lowest BCUT2D eigenvalue weighted by atomic mass is 10.3. The quantitative estimate of drug-likeness (QED) is 0.858. The minimum absolute atomic E-state index is 0.0950. The number of hydrogen-bond donors (Lipinski definition) is 2. The molecule has 0 atom stereocenters. The minimum atomic E-state index is 0.0950. The van der Waals surface area contributed by atoms with Crippen LogP contribution in [-0.4, -0.2) is 22.1 Å². The standard InChI is InChI=1S/C10H9Br2N5O/c1-18-10-16-8(13)15-9(17-10)14-7-3-2-5(11)4-6(7)12/h2-4H,1H3,(H3,13,14,15,16,17). The highest BCUT2D eigenvalue weighted by Crippen LogP contribution is 2.28. The third-order valence-corrected chi connectivity index (χ3v) is 3.14. The Balaban J connectivity index is 2.30. The lowest BCUT2D eigenvalue weighted by Gasteiger charge is -2.08. The van der Waals surface area contributed by atoms with E-state index in [0.717, 1.165) is 14.6 Å². The van der Waals surface area contributed by atoms with Crippen molar-refractivity contribution in [3.8, 4) is 6.01 Å². The van der Waals surface area contributed by atoms with Crippen LogP contribution in [0.15, 0.2) is 27.1 Å². The van der Waals surface area contributed by atoms with E-state index in [4.69, 9.17) is 10.5 Å². The van der Waals surface area contributed by atoms with E-state index in [1.807, 2.05) is 18.2 Å². The zero-order valence-corrected chi connectivity index (χ0v) is 12.5. The molecule has 0 spiro atoms. The van der Waals surface area contributed by atoms with Crippen molar-refractivity contribution in [3.63, 3.8) is 0 Å². The number of benzene rings is 1. The predicted molar refractivity (Wildman–Crippen MR) is 75.9 cm³/mol. The normalized spacial score (nSPS) is 10.2. The van der Waals surface area contributed by atoms with Crippen molar-refractivity contribution in [1.29, 1.82) is 0 Å². The zero-order chi connectivity index (χ0) is 13.1. The molecule has 2 aromatic rings. The van der Waals surface area contributed by atoms with Gasteiger partial charge in [0.1, 0.15) is 0 Å². The van der Waals surface area contributed by atoms with Crippen LogP contribution < -0.4 is 15.8 Å². The van der Waals surface area contributed by atoms with Gasteiger partial charge in [-0.1, -0.05) is 15.9 Å². The van der Waals surface area contributed by atoms with E-state index in [1.54, 1.807) is 0 Å². The van der Waals surface area contributed by atoms with E-state index < -0.39 is 0 Å². The Kier molecular flexibility index (Phi) is 3.97. The summed E-state index contributed by atoms with van der Waals surface area (Å²) in [4.78, 5) is 11.8. The van der Waals surface area contributed by atoms with Crippen LogP contribution in [0.25, 0.3) is 0 Å². The van der Waals surface area contributed by atoms with E-state index in [1.165, 1.54) is 7.11 Å². The van der Waals surface area contributed by atoms with Gasteiger partial charge in [-0.05, 0) is 34.1 Å². The van der Waals surface area contributed by atoms with Crippen molar-refractivity contribution in [2.24, 2.45) is 0 Å². The van der Waals surface area contributed by atoms with Gasteiger partial charge in [0.15, 0.2) is 0 Å². The van der Waals surface area contributed by atoms with Crippen molar-refractivity contribution in [3.05, 3.63) is 27.1 Å². The van der Waals surface area contributed by atoms with Crippen LogP contribution in [0.4, 0.5) is 17.6 Å². The molecule has 1 heterocycles. The Morgan fingerprint density at radius 3 is 2.67 bits per heavy atom. The molecular weight excluding hydrogens is 366 g/mol. The first kappa shape index (κ1) is 13.0. The number of nitrogens with zero attached hydrogens (tertiary/aromatic N) is 3. The Morgan fingerprint density at radius 2 is 2.00 bits per heavy atom. The average molecular weight is 375 g/mol. The van der Waals surface area contributed by atoms with Crippen LogP contribution in [0, 0.1) is 0 Å². The number of ether oxygens (including phenoxy) is 1. The van der Waals surface area contributed by atoms with Crippen molar-refractivity contribution in [1.82, 2.24) is 15.0 Å². The smallest absolute Gasteiger partial charge is 0.322 e. The molecule has 0 bridgehead atoms. The number of nitrogens with two attached hydrogens (primary N) is 1. The first-order chi connectivity index (χ1) is 8.58. The molecule has 8 heteroatoms. The summed E-state index contributed by atoms with van der Waals surface area (Å²) in [5.41, 5.74) is 6.36. The monoisotopic (exact) mass is 373 g/mol. The molecule has 0 aliphatic heterocycles. The summed E-state index contributed by atoms with van der Waals surface area (Å²) in [7, 11) is 1.47. The fraction of sp³-hybridized carbons (Fsp3) is 0.100. The van der Waals surface area contributed by atoms with Crippen molar-refractivity contribution >= 4 is 49.4 Å². The second-order valence-corrected chi connectivity index (χ2v) is 5.02.